The zero-order valence-corrected chi connectivity index (χ0v) is 15.7. The van der Waals surface area contributed by atoms with Crippen LogP contribution in [0.25, 0.3) is 0 Å². The van der Waals surface area contributed by atoms with Crippen molar-refractivity contribution >= 4 is 11.9 Å². The minimum absolute atomic E-state index is 0.207. The second-order valence-electron chi connectivity index (χ2n) is 6.57. The molecule has 2 N–H and O–H groups in total. The molecule has 2 heterocycles. The molecule has 2 aromatic carbocycles. The minimum atomic E-state index is -0.307. The van der Waals surface area contributed by atoms with Crippen LogP contribution in [0.3, 0.4) is 0 Å². The highest BCUT2D eigenvalue weighted by Crippen LogP contribution is 2.32. The second-order valence-corrected chi connectivity index (χ2v) is 6.57. The number of aryl methyl sites for hydroxylation is 1. The van der Waals surface area contributed by atoms with Crippen molar-refractivity contribution < 1.29 is 18.7 Å². The fourth-order valence-electron chi connectivity index (χ4n) is 2.87. The van der Waals surface area contributed by atoms with E-state index in [1.807, 2.05) is 18.2 Å². The Morgan fingerprint density at radius 2 is 1.76 bits per heavy atom. The standard InChI is InChI=1S/C21H19FN4O3/c1-13-8-17(26-21(25-13)24-10-14-2-5-16(22)6-3-14)20(27)23-11-15-4-7-18-19(9-15)29-12-28-18/h2-9H,10-12H2,1H3,(H,23,27)(H,24,25,26). The molecule has 0 spiro atoms. The number of ether oxygens (including phenoxy) is 2. The molecule has 1 aliphatic heterocycles. The Morgan fingerprint density at radius 3 is 2.59 bits per heavy atom. The van der Waals surface area contributed by atoms with Crippen LogP contribution in [0.1, 0.15) is 27.3 Å². The van der Waals surface area contributed by atoms with Crippen molar-refractivity contribution in [1.82, 2.24) is 15.3 Å². The lowest BCUT2D eigenvalue weighted by atomic mass is 10.2. The molecule has 3 aromatic rings. The fourth-order valence-corrected chi connectivity index (χ4v) is 2.87. The first-order chi connectivity index (χ1) is 14.1. The maximum Gasteiger partial charge on any atom is 0.270 e. The molecule has 29 heavy (non-hydrogen) atoms. The summed E-state index contributed by atoms with van der Waals surface area (Å²) >= 11 is 0. The third kappa shape index (κ3) is 4.60. The van der Waals surface area contributed by atoms with E-state index < -0.39 is 0 Å². The van der Waals surface area contributed by atoms with E-state index in [4.69, 9.17) is 9.47 Å². The zero-order chi connectivity index (χ0) is 20.2. The monoisotopic (exact) mass is 394 g/mol. The average Bonchev–Trinajstić information content (AvgIpc) is 3.19. The molecular formula is C21H19FN4O3. The van der Waals surface area contributed by atoms with Gasteiger partial charge in [0.25, 0.3) is 5.91 Å². The zero-order valence-electron chi connectivity index (χ0n) is 15.7. The number of fused-ring (bicyclic) bond motifs is 1. The third-order valence-electron chi connectivity index (χ3n) is 4.34. The molecule has 1 amide bonds. The molecule has 0 saturated carbocycles. The van der Waals surface area contributed by atoms with Gasteiger partial charge in [-0.3, -0.25) is 4.79 Å². The topological polar surface area (TPSA) is 85.4 Å². The molecular weight excluding hydrogens is 375 g/mol. The molecule has 0 radical (unpaired) electrons. The van der Waals surface area contributed by atoms with Crippen LogP contribution < -0.4 is 20.1 Å². The normalized spacial score (nSPS) is 11.9. The number of nitrogens with zero attached hydrogens (tertiary/aromatic N) is 2. The molecule has 0 atom stereocenters. The Labute approximate surface area is 166 Å². The van der Waals surface area contributed by atoms with Gasteiger partial charge in [0, 0.05) is 18.8 Å². The lowest BCUT2D eigenvalue weighted by Gasteiger charge is -2.09. The van der Waals surface area contributed by atoms with E-state index in [2.05, 4.69) is 20.6 Å². The van der Waals surface area contributed by atoms with Crippen LogP contribution in [0.2, 0.25) is 0 Å². The number of carbonyl (C=O) groups excluding carboxylic acids is 1. The molecule has 7 nitrogen and oxygen atoms in total. The molecule has 1 aliphatic rings. The summed E-state index contributed by atoms with van der Waals surface area (Å²) in [6.45, 7) is 2.75. The lowest BCUT2D eigenvalue weighted by Crippen LogP contribution is -2.24. The van der Waals surface area contributed by atoms with E-state index >= 15 is 0 Å². The number of carbonyl (C=O) groups is 1. The number of rotatable bonds is 6. The number of benzene rings is 2. The number of aromatic nitrogens is 2. The van der Waals surface area contributed by atoms with Crippen LogP contribution in [0.5, 0.6) is 11.5 Å². The highest BCUT2D eigenvalue weighted by atomic mass is 19.1. The summed E-state index contributed by atoms with van der Waals surface area (Å²) in [4.78, 5) is 21.1. The molecule has 1 aromatic heterocycles. The first kappa shape index (κ1) is 18.7. The van der Waals surface area contributed by atoms with Crippen LogP contribution >= 0.6 is 0 Å². The SMILES string of the molecule is Cc1cc(C(=O)NCc2ccc3c(c2)OCO3)nc(NCc2ccc(F)cc2)n1. The van der Waals surface area contributed by atoms with E-state index in [1.165, 1.54) is 12.1 Å². The largest absolute Gasteiger partial charge is 0.454 e. The Balaban J connectivity index is 1.39. The fraction of sp³-hybridized carbons (Fsp3) is 0.190. The van der Waals surface area contributed by atoms with Crippen molar-refractivity contribution in [2.75, 3.05) is 12.1 Å². The first-order valence-corrected chi connectivity index (χ1v) is 9.07. The summed E-state index contributed by atoms with van der Waals surface area (Å²) < 4.78 is 23.6. The van der Waals surface area contributed by atoms with Crippen LogP contribution in [0.4, 0.5) is 10.3 Å². The van der Waals surface area contributed by atoms with Gasteiger partial charge in [0.1, 0.15) is 11.5 Å². The summed E-state index contributed by atoms with van der Waals surface area (Å²) in [5.41, 5.74) is 2.70. The quantitative estimate of drug-likeness (QED) is 0.668. The van der Waals surface area contributed by atoms with Crippen molar-refractivity contribution in [3.63, 3.8) is 0 Å². The molecule has 4 rings (SSSR count). The van der Waals surface area contributed by atoms with Crippen molar-refractivity contribution in [2.24, 2.45) is 0 Å². The van der Waals surface area contributed by atoms with Crippen molar-refractivity contribution in [2.45, 2.75) is 20.0 Å². The van der Waals surface area contributed by atoms with Crippen LogP contribution in [0.15, 0.2) is 48.5 Å². The number of amides is 1. The Hall–Kier alpha value is -3.68. The number of halogens is 1. The second kappa shape index (κ2) is 8.14. The third-order valence-corrected chi connectivity index (χ3v) is 4.34. The Morgan fingerprint density at radius 1 is 1.00 bits per heavy atom. The van der Waals surface area contributed by atoms with Crippen molar-refractivity contribution in [3.8, 4) is 11.5 Å². The Kier molecular flexibility index (Phi) is 5.24. The van der Waals surface area contributed by atoms with Crippen LogP contribution in [0, 0.1) is 12.7 Å². The maximum absolute atomic E-state index is 13.0. The highest BCUT2D eigenvalue weighted by Gasteiger charge is 2.14. The maximum atomic E-state index is 13.0. The Bertz CT molecular complexity index is 1040. The van der Waals surface area contributed by atoms with Gasteiger partial charge < -0.3 is 20.1 Å². The first-order valence-electron chi connectivity index (χ1n) is 9.07. The summed E-state index contributed by atoms with van der Waals surface area (Å²) in [7, 11) is 0. The van der Waals surface area contributed by atoms with Gasteiger partial charge in [-0.2, -0.15) is 0 Å². The number of anilines is 1. The predicted octanol–water partition coefficient (Wildman–Crippen LogP) is 3.19. The van der Waals surface area contributed by atoms with Gasteiger partial charge in [-0.15, -0.1) is 0 Å². The molecule has 148 valence electrons. The highest BCUT2D eigenvalue weighted by molar-refractivity contribution is 5.92. The van der Waals surface area contributed by atoms with Gasteiger partial charge in [0.15, 0.2) is 11.5 Å². The van der Waals surface area contributed by atoms with Crippen LogP contribution in [-0.4, -0.2) is 22.7 Å². The summed E-state index contributed by atoms with van der Waals surface area (Å²) in [5, 5.41) is 5.91. The summed E-state index contributed by atoms with van der Waals surface area (Å²) in [6.07, 6.45) is 0. The van der Waals surface area contributed by atoms with E-state index in [9.17, 15) is 9.18 Å². The lowest BCUT2D eigenvalue weighted by molar-refractivity contribution is 0.0945. The van der Waals surface area contributed by atoms with Crippen molar-refractivity contribution in [3.05, 3.63) is 76.9 Å². The van der Waals surface area contributed by atoms with Gasteiger partial charge in [-0.1, -0.05) is 18.2 Å². The van der Waals surface area contributed by atoms with Gasteiger partial charge in [-0.05, 0) is 48.4 Å². The van der Waals surface area contributed by atoms with E-state index in [0.717, 1.165) is 11.1 Å². The summed E-state index contributed by atoms with van der Waals surface area (Å²) in [5.74, 6) is 1.10. The molecule has 0 bridgehead atoms. The molecule has 8 heteroatoms. The molecule has 0 aliphatic carbocycles. The number of hydrogen-bond acceptors (Lipinski definition) is 6. The van der Waals surface area contributed by atoms with Gasteiger partial charge in [0.2, 0.25) is 12.7 Å². The minimum Gasteiger partial charge on any atom is -0.454 e. The van der Waals surface area contributed by atoms with Crippen LogP contribution in [-0.2, 0) is 13.1 Å². The van der Waals surface area contributed by atoms with Crippen molar-refractivity contribution in [1.29, 1.82) is 0 Å². The van der Waals surface area contributed by atoms with Gasteiger partial charge >= 0.3 is 0 Å². The number of nitrogens with one attached hydrogen (secondary N) is 2. The van der Waals surface area contributed by atoms with E-state index in [0.29, 0.717) is 36.2 Å². The van der Waals surface area contributed by atoms with Gasteiger partial charge in [0.05, 0.1) is 0 Å². The van der Waals surface area contributed by atoms with Gasteiger partial charge in [-0.25, -0.2) is 14.4 Å². The molecule has 0 fully saturated rings. The summed E-state index contributed by atoms with van der Waals surface area (Å²) in [6, 6.07) is 13.3. The average molecular weight is 394 g/mol. The molecule has 0 unspecified atom stereocenters. The predicted molar refractivity (Wildman–Crippen MR) is 104 cm³/mol. The number of hydrogen-bond donors (Lipinski definition) is 2. The van der Waals surface area contributed by atoms with E-state index in [1.54, 1.807) is 25.1 Å². The van der Waals surface area contributed by atoms with E-state index in [-0.39, 0.29) is 24.2 Å². The molecule has 0 saturated heterocycles. The smallest absolute Gasteiger partial charge is 0.270 e.